The lowest BCUT2D eigenvalue weighted by molar-refractivity contribution is 0.104. The van der Waals surface area contributed by atoms with Crippen molar-refractivity contribution in [3.63, 3.8) is 0 Å². The maximum atomic E-state index is 12.1. The van der Waals surface area contributed by atoms with Crippen LogP contribution >= 0.6 is 0 Å². The van der Waals surface area contributed by atoms with E-state index in [9.17, 15) is 9.90 Å². The van der Waals surface area contributed by atoms with Gasteiger partial charge in [0.25, 0.3) is 0 Å². The number of allylic oxidation sites excluding steroid dienone is 1. The Bertz CT molecular complexity index is 848. The highest BCUT2D eigenvalue weighted by Crippen LogP contribution is 2.16. The standard InChI is InChI=1S/C22H18O3/c23-20-11-9-19(10-12-20)22(24)15-8-17-6-13-21(14-7-17)25-16-18-4-2-1-3-5-18/h1-15,23H,16H2. The molecule has 0 aliphatic rings. The average molecular weight is 330 g/mol. The lowest BCUT2D eigenvalue weighted by Crippen LogP contribution is -1.95. The van der Waals surface area contributed by atoms with Crippen molar-refractivity contribution in [2.45, 2.75) is 6.61 Å². The van der Waals surface area contributed by atoms with Crippen LogP contribution in [0.4, 0.5) is 0 Å². The summed E-state index contributed by atoms with van der Waals surface area (Å²) >= 11 is 0. The molecule has 0 unspecified atom stereocenters. The van der Waals surface area contributed by atoms with Crippen molar-refractivity contribution >= 4 is 11.9 Å². The summed E-state index contributed by atoms with van der Waals surface area (Å²) in [7, 11) is 0. The van der Waals surface area contributed by atoms with Crippen LogP contribution in [0.25, 0.3) is 6.08 Å². The van der Waals surface area contributed by atoms with Gasteiger partial charge in [-0.1, -0.05) is 48.5 Å². The Morgan fingerprint density at radius 1 is 0.880 bits per heavy atom. The minimum atomic E-state index is -0.107. The number of phenolic OH excluding ortho intramolecular Hbond substituents is 1. The van der Waals surface area contributed by atoms with Crippen LogP contribution in [0.5, 0.6) is 11.5 Å². The number of carbonyl (C=O) groups is 1. The van der Waals surface area contributed by atoms with E-state index >= 15 is 0 Å². The molecule has 0 saturated heterocycles. The monoisotopic (exact) mass is 330 g/mol. The molecule has 0 saturated carbocycles. The van der Waals surface area contributed by atoms with Gasteiger partial charge in [0.1, 0.15) is 18.1 Å². The number of hydrogen-bond acceptors (Lipinski definition) is 3. The van der Waals surface area contributed by atoms with Crippen LogP contribution in [-0.4, -0.2) is 10.9 Å². The number of phenols is 1. The lowest BCUT2D eigenvalue weighted by atomic mass is 10.1. The quantitative estimate of drug-likeness (QED) is 0.518. The summed E-state index contributed by atoms with van der Waals surface area (Å²) in [5.41, 5.74) is 2.57. The van der Waals surface area contributed by atoms with Gasteiger partial charge in [-0.3, -0.25) is 4.79 Å². The maximum Gasteiger partial charge on any atom is 0.185 e. The van der Waals surface area contributed by atoms with E-state index in [2.05, 4.69) is 0 Å². The smallest absolute Gasteiger partial charge is 0.185 e. The van der Waals surface area contributed by atoms with Crippen molar-refractivity contribution in [3.05, 3.63) is 102 Å². The van der Waals surface area contributed by atoms with E-state index in [0.717, 1.165) is 16.9 Å². The second-order valence-electron chi connectivity index (χ2n) is 5.59. The number of hydrogen-bond donors (Lipinski definition) is 1. The zero-order valence-corrected chi connectivity index (χ0v) is 13.6. The molecule has 0 fully saturated rings. The van der Waals surface area contributed by atoms with Gasteiger partial charge in [0.05, 0.1) is 0 Å². The predicted molar refractivity (Wildman–Crippen MR) is 98.7 cm³/mol. The molecule has 3 heteroatoms. The first-order valence-corrected chi connectivity index (χ1v) is 7.99. The zero-order chi connectivity index (χ0) is 17.5. The fraction of sp³-hybridized carbons (Fsp3) is 0.0455. The molecule has 0 spiro atoms. The van der Waals surface area contributed by atoms with Gasteiger partial charge in [-0.15, -0.1) is 0 Å². The van der Waals surface area contributed by atoms with E-state index in [1.807, 2.05) is 54.6 Å². The Labute approximate surface area is 146 Å². The minimum Gasteiger partial charge on any atom is -0.508 e. The normalized spacial score (nSPS) is 10.7. The SMILES string of the molecule is O=C(C=Cc1ccc(OCc2ccccc2)cc1)c1ccc(O)cc1. The van der Waals surface area contributed by atoms with Gasteiger partial charge in [-0.25, -0.2) is 0 Å². The van der Waals surface area contributed by atoms with E-state index in [1.165, 1.54) is 18.2 Å². The first-order chi connectivity index (χ1) is 12.2. The summed E-state index contributed by atoms with van der Waals surface area (Å²) < 4.78 is 5.74. The molecule has 0 aliphatic carbocycles. The van der Waals surface area contributed by atoms with Gasteiger partial charge < -0.3 is 9.84 Å². The number of ketones is 1. The van der Waals surface area contributed by atoms with Gasteiger partial charge in [-0.2, -0.15) is 0 Å². The number of rotatable bonds is 6. The number of carbonyl (C=O) groups excluding carboxylic acids is 1. The highest BCUT2D eigenvalue weighted by Gasteiger charge is 2.01. The Balaban J connectivity index is 1.58. The molecule has 1 N–H and O–H groups in total. The average Bonchev–Trinajstić information content (AvgIpc) is 2.67. The molecule has 124 valence electrons. The van der Waals surface area contributed by atoms with Crippen LogP contribution in [0.3, 0.4) is 0 Å². The minimum absolute atomic E-state index is 0.107. The topological polar surface area (TPSA) is 46.5 Å². The molecule has 3 aromatic rings. The molecular weight excluding hydrogens is 312 g/mol. The first kappa shape index (κ1) is 16.5. The number of aromatic hydroxyl groups is 1. The van der Waals surface area contributed by atoms with Crippen LogP contribution in [-0.2, 0) is 6.61 Å². The van der Waals surface area contributed by atoms with E-state index in [4.69, 9.17) is 4.74 Å². The van der Waals surface area contributed by atoms with Crippen LogP contribution < -0.4 is 4.74 Å². The molecule has 3 nitrogen and oxygen atoms in total. The number of ether oxygens (including phenoxy) is 1. The Kier molecular flexibility index (Phi) is 5.27. The van der Waals surface area contributed by atoms with E-state index in [-0.39, 0.29) is 11.5 Å². The summed E-state index contributed by atoms with van der Waals surface area (Å²) in [6.07, 6.45) is 3.28. The third kappa shape index (κ3) is 4.82. The molecule has 0 amide bonds. The van der Waals surface area contributed by atoms with Gasteiger partial charge in [-0.05, 0) is 53.6 Å². The molecule has 0 aromatic heterocycles. The maximum absolute atomic E-state index is 12.1. The van der Waals surface area contributed by atoms with Gasteiger partial charge in [0, 0.05) is 5.56 Å². The van der Waals surface area contributed by atoms with Gasteiger partial charge in [0.15, 0.2) is 5.78 Å². The van der Waals surface area contributed by atoms with Crippen molar-refractivity contribution in [2.75, 3.05) is 0 Å². The van der Waals surface area contributed by atoms with Gasteiger partial charge >= 0.3 is 0 Å². The summed E-state index contributed by atoms with van der Waals surface area (Å²) in [6, 6.07) is 23.8. The molecule has 25 heavy (non-hydrogen) atoms. The van der Waals surface area contributed by atoms with Crippen LogP contribution in [0.2, 0.25) is 0 Å². The summed E-state index contributed by atoms with van der Waals surface area (Å²) in [5.74, 6) is 0.821. The van der Waals surface area contributed by atoms with E-state index in [0.29, 0.717) is 12.2 Å². The number of benzene rings is 3. The van der Waals surface area contributed by atoms with Crippen LogP contribution in [0.1, 0.15) is 21.5 Å². The van der Waals surface area contributed by atoms with E-state index in [1.54, 1.807) is 18.2 Å². The Morgan fingerprint density at radius 2 is 1.56 bits per heavy atom. The summed E-state index contributed by atoms with van der Waals surface area (Å²) in [5, 5.41) is 9.25. The van der Waals surface area contributed by atoms with Crippen LogP contribution in [0.15, 0.2) is 84.9 Å². The molecule has 3 aromatic carbocycles. The second kappa shape index (κ2) is 7.97. The molecule has 0 aliphatic heterocycles. The molecular formula is C22H18O3. The summed E-state index contributed by atoms with van der Waals surface area (Å²) in [6.45, 7) is 0.523. The second-order valence-corrected chi connectivity index (χ2v) is 5.59. The Hall–Kier alpha value is -3.33. The predicted octanol–water partition coefficient (Wildman–Crippen LogP) is 4.87. The van der Waals surface area contributed by atoms with Crippen molar-refractivity contribution in [3.8, 4) is 11.5 Å². The molecule has 0 radical (unpaired) electrons. The lowest BCUT2D eigenvalue weighted by Gasteiger charge is -2.06. The third-order valence-electron chi connectivity index (χ3n) is 3.71. The highest BCUT2D eigenvalue weighted by molar-refractivity contribution is 6.06. The third-order valence-corrected chi connectivity index (χ3v) is 3.71. The largest absolute Gasteiger partial charge is 0.508 e. The van der Waals surface area contributed by atoms with Crippen LogP contribution in [0, 0.1) is 0 Å². The summed E-state index contributed by atoms with van der Waals surface area (Å²) in [4.78, 5) is 12.1. The van der Waals surface area contributed by atoms with Crippen molar-refractivity contribution < 1.29 is 14.6 Å². The molecule has 0 bridgehead atoms. The fourth-order valence-electron chi connectivity index (χ4n) is 2.31. The first-order valence-electron chi connectivity index (χ1n) is 7.99. The van der Waals surface area contributed by atoms with Crippen molar-refractivity contribution in [1.29, 1.82) is 0 Å². The van der Waals surface area contributed by atoms with Crippen molar-refractivity contribution in [1.82, 2.24) is 0 Å². The van der Waals surface area contributed by atoms with Gasteiger partial charge in [0.2, 0.25) is 0 Å². The van der Waals surface area contributed by atoms with Crippen molar-refractivity contribution in [2.24, 2.45) is 0 Å². The molecule has 3 rings (SSSR count). The molecule has 0 heterocycles. The molecule has 0 atom stereocenters. The van der Waals surface area contributed by atoms with E-state index < -0.39 is 0 Å². The Morgan fingerprint density at radius 3 is 2.24 bits per heavy atom. The highest BCUT2D eigenvalue weighted by atomic mass is 16.5. The zero-order valence-electron chi connectivity index (χ0n) is 13.6. The fourth-order valence-corrected chi connectivity index (χ4v) is 2.31.